The average molecular weight is 378 g/mol. The van der Waals surface area contributed by atoms with Crippen molar-refractivity contribution in [1.82, 2.24) is 20.1 Å². The number of carbonyl (C=O) groups excluding carboxylic acids is 2. The molecule has 1 atom stereocenters. The molecule has 0 bridgehead atoms. The molecule has 0 aliphatic rings. The standard InChI is InChI=1S/C21H22N4O3/c1-3-23-20(26)15(2)28-21(27)18-14-25(13-16-8-5-4-6-9-16)24-19(18)17-10-7-11-22-12-17/h4-12,14-15H,3,13H2,1-2H3,(H,23,26)/t15-/m1/s1. The summed E-state index contributed by atoms with van der Waals surface area (Å²) in [6.07, 6.45) is 4.03. The first-order chi connectivity index (χ1) is 13.6. The minimum Gasteiger partial charge on any atom is -0.449 e. The Kier molecular flexibility index (Phi) is 6.16. The minimum atomic E-state index is -0.897. The van der Waals surface area contributed by atoms with E-state index in [0.29, 0.717) is 29.9 Å². The van der Waals surface area contributed by atoms with Crippen molar-refractivity contribution in [2.45, 2.75) is 26.5 Å². The summed E-state index contributed by atoms with van der Waals surface area (Å²) in [7, 11) is 0. The lowest BCUT2D eigenvalue weighted by Gasteiger charge is -2.12. The van der Waals surface area contributed by atoms with Crippen molar-refractivity contribution in [1.29, 1.82) is 0 Å². The molecule has 0 spiro atoms. The van der Waals surface area contributed by atoms with Gasteiger partial charge < -0.3 is 10.1 Å². The molecule has 144 valence electrons. The van der Waals surface area contributed by atoms with Crippen LogP contribution in [-0.2, 0) is 16.1 Å². The van der Waals surface area contributed by atoms with Crippen LogP contribution in [0, 0.1) is 0 Å². The van der Waals surface area contributed by atoms with Gasteiger partial charge in [-0.15, -0.1) is 0 Å². The van der Waals surface area contributed by atoms with Crippen LogP contribution in [0.5, 0.6) is 0 Å². The number of aromatic nitrogens is 3. The van der Waals surface area contributed by atoms with Crippen LogP contribution in [0.1, 0.15) is 29.8 Å². The Morgan fingerprint density at radius 2 is 1.96 bits per heavy atom. The maximum atomic E-state index is 12.7. The fourth-order valence-electron chi connectivity index (χ4n) is 2.73. The van der Waals surface area contributed by atoms with Gasteiger partial charge >= 0.3 is 5.97 Å². The number of carbonyl (C=O) groups is 2. The highest BCUT2D eigenvalue weighted by molar-refractivity contribution is 5.97. The zero-order chi connectivity index (χ0) is 19.9. The molecule has 3 rings (SSSR count). The Hall–Kier alpha value is -3.48. The van der Waals surface area contributed by atoms with E-state index in [4.69, 9.17) is 4.74 Å². The van der Waals surface area contributed by atoms with Crippen molar-refractivity contribution < 1.29 is 14.3 Å². The van der Waals surface area contributed by atoms with E-state index in [1.165, 1.54) is 0 Å². The fraction of sp³-hybridized carbons (Fsp3) is 0.238. The summed E-state index contributed by atoms with van der Waals surface area (Å²) in [6.45, 7) is 4.32. The van der Waals surface area contributed by atoms with Crippen LogP contribution >= 0.6 is 0 Å². The van der Waals surface area contributed by atoms with E-state index in [1.54, 1.807) is 43.2 Å². The molecule has 1 N–H and O–H groups in total. The smallest absolute Gasteiger partial charge is 0.342 e. The molecule has 1 amide bonds. The van der Waals surface area contributed by atoms with E-state index >= 15 is 0 Å². The fourth-order valence-corrected chi connectivity index (χ4v) is 2.73. The Morgan fingerprint density at radius 3 is 2.64 bits per heavy atom. The molecule has 7 heteroatoms. The maximum Gasteiger partial charge on any atom is 0.342 e. The van der Waals surface area contributed by atoms with Crippen LogP contribution in [0.25, 0.3) is 11.3 Å². The predicted octanol–water partition coefficient (Wildman–Crippen LogP) is 2.67. The monoisotopic (exact) mass is 378 g/mol. The first-order valence-corrected chi connectivity index (χ1v) is 9.09. The highest BCUT2D eigenvalue weighted by Crippen LogP contribution is 2.23. The molecule has 0 fully saturated rings. The molecule has 0 radical (unpaired) electrons. The second-order valence-electron chi connectivity index (χ2n) is 6.26. The number of pyridine rings is 1. The van der Waals surface area contributed by atoms with Gasteiger partial charge in [0, 0.05) is 30.7 Å². The van der Waals surface area contributed by atoms with Crippen LogP contribution in [0.4, 0.5) is 0 Å². The third-order valence-electron chi connectivity index (χ3n) is 4.11. The van der Waals surface area contributed by atoms with Gasteiger partial charge in [0.05, 0.1) is 6.54 Å². The van der Waals surface area contributed by atoms with E-state index < -0.39 is 12.1 Å². The van der Waals surface area contributed by atoms with Gasteiger partial charge in [-0.2, -0.15) is 5.10 Å². The number of amides is 1. The quantitative estimate of drug-likeness (QED) is 0.639. The SMILES string of the molecule is CCNC(=O)[C@@H](C)OC(=O)c1cn(Cc2ccccc2)nc1-c1cccnc1. The first kappa shape index (κ1) is 19.3. The van der Waals surface area contributed by atoms with Crippen LogP contribution < -0.4 is 5.32 Å². The van der Waals surface area contributed by atoms with Gasteiger partial charge in [-0.25, -0.2) is 4.79 Å². The summed E-state index contributed by atoms with van der Waals surface area (Å²) in [5, 5.41) is 7.20. The van der Waals surface area contributed by atoms with Crippen molar-refractivity contribution >= 4 is 11.9 Å². The van der Waals surface area contributed by atoms with Crippen molar-refractivity contribution in [3.8, 4) is 11.3 Å². The second kappa shape index (κ2) is 8.94. The predicted molar refractivity (Wildman–Crippen MR) is 105 cm³/mol. The zero-order valence-electron chi connectivity index (χ0n) is 15.8. The largest absolute Gasteiger partial charge is 0.449 e. The van der Waals surface area contributed by atoms with Crippen molar-refractivity contribution in [3.05, 3.63) is 72.2 Å². The molecule has 28 heavy (non-hydrogen) atoms. The molecule has 1 aromatic carbocycles. The van der Waals surface area contributed by atoms with Gasteiger partial charge in [-0.3, -0.25) is 14.5 Å². The van der Waals surface area contributed by atoms with Crippen LogP contribution in [0.15, 0.2) is 61.1 Å². The zero-order valence-corrected chi connectivity index (χ0v) is 15.8. The summed E-state index contributed by atoms with van der Waals surface area (Å²) in [4.78, 5) is 28.7. The molecular formula is C21H22N4O3. The number of hydrogen-bond acceptors (Lipinski definition) is 5. The molecular weight excluding hydrogens is 356 g/mol. The number of likely N-dealkylation sites (N-methyl/N-ethyl adjacent to an activating group) is 1. The van der Waals surface area contributed by atoms with E-state index in [1.807, 2.05) is 36.4 Å². The first-order valence-electron chi connectivity index (χ1n) is 9.09. The van der Waals surface area contributed by atoms with Gasteiger partial charge in [0.1, 0.15) is 11.3 Å². The summed E-state index contributed by atoms with van der Waals surface area (Å²) in [5.41, 5.74) is 2.52. The molecule has 0 saturated heterocycles. The summed E-state index contributed by atoms with van der Waals surface area (Å²) in [5.74, 6) is -0.938. The average Bonchev–Trinajstić information content (AvgIpc) is 3.13. The lowest BCUT2D eigenvalue weighted by atomic mass is 10.1. The van der Waals surface area contributed by atoms with E-state index in [0.717, 1.165) is 5.56 Å². The lowest BCUT2D eigenvalue weighted by molar-refractivity contribution is -0.128. The van der Waals surface area contributed by atoms with E-state index in [-0.39, 0.29) is 5.91 Å². The highest BCUT2D eigenvalue weighted by atomic mass is 16.5. The summed E-state index contributed by atoms with van der Waals surface area (Å²) >= 11 is 0. The molecule has 2 heterocycles. The Bertz CT molecular complexity index is 939. The summed E-state index contributed by atoms with van der Waals surface area (Å²) < 4.78 is 7.04. The number of esters is 1. The Morgan fingerprint density at radius 1 is 1.18 bits per heavy atom. The lowest BCUT2D eigenvalue weighted by Crippen LogP contribution is -2.35. The Labute approximate surface area is 163 Å². The topological polar surface area (TPSA) is 86.1 Å². The second-order valence-corrected chi connectivity index (χ2v) is 6.26. The molecule has 0 unspecified atom stereocenters. The number of nitrogens with one attached hydrogen (secondary N) is 1. The maximum absolute atomic E-state index is 12.7. The summed E-state index contributed by atoms with van der Waals surface area (Å²) in [6, 6.07) is 13.4. The highest BCUT2D eigenvalue weighted by Gasteiger charge is 2.24. The van der Waals surface area contributed by atoms with Crippen molar-refractivity contribution in [2.75, 3.05) is 6.54 Å². The van der Waals surface area contributed by atoms with Crippen molar-refractivity contribution in [2.24, 2.45) is 0 Å². The van der Waals surface area contributed by atoms with Crippen LogP contribution in [0.2, 0.25) is 0 Å². The van der Waals surface area contributed by atoms with Gasteiger partial charge in [-0.05, 0) is 31.5 Å². The van der Waals surface area contributed by atoms with Gasteiger partial charge in [0.25, 0.3) is 5.91 Å². The van der Waals surface area contributed by atoms with Gasteiger partial charge in [-0.1, -0.05) is 30.3 Å². The number of nitrogens with zero attached hydrogens (tertiary/aromatic N) is 3. The Balaban J connectivity index is 1.89. The van der Waals surface area contributed by atoms with Gasteiger partial charge in [0.2, 0.25) is 0 Å². The van der Waals surface area contributed by atoms with Crippen LogP contribution in [0.3, 0.4) is 0 Å². The molecule has 7 nitrogen and oxygen atoms in total. The molecule has 3 aromatic rings. The third-order valence-corrected chi connectivity index (χ3v) is 4.11. The normalized spacial score (nSPS) is 11.6. The van der Waals surface area contributed by atoms with E-state index in [2.05, 4.69) is 15.4 Å². The van der Waals surface area contributed by atoms with Gasteiger partial charge in [0.15, 0.2) is 6.10 Å². The number of benzene rings is 1. The molecule has 2 aromatic heterocycles. The third kappa shape index (κ3) is 4.62. The number of hydrogen-bond donors (Lipinski definition) is 1. The number of ether oxygens (including phenoxy) is 1. The minimum absolute atomic E-state index is 0.292. The van der Waals surface area contributed by atoms with Crippen molar-refractivity contribution in [3.63, 3.8) is 0 Å². The molecule has 0 aliphatic heterocycles. The number of rotatable bonds is 7. The molecule has 0 saturated carbocycles. The van der Waals surface area contributed by atoms with E-state index in [9.17, 15) is 9.59 Å². The van der Waals surface area contributed by atoms with Crippen LogP contribution in [-0.4, -0.2) is 39.3 Å². The molecule has 0 aliphatic carbocycles.